The highest BCUT2D eigenvalue weighted by atomic mass is 32.2. The molecule has 0 radical (unpaired) electrons. The molecule has 0 bridgehead atoms. The molecule has 4 heteroatoms. The number of hydrogen-bond donors (Lipinski definition) is 0. The molecule has 1 saturated carbocycles. The summed E-state index contributed by atoms with van der Waals surface area (Å²) in [5.74, 6) is 1.16. The number of benzene rings is 1. The van der Waals surface area contributed by atoms with Crippen LogP contribution in [0.1, 0.15) is 44.9 Å². The van der Waals surface area contributed by atoms with Crippen LogP contribution in [0.25, 0.3) is 0 Å². The van der Waals surface area contributed by atoms with Gasteiger partial charge < -0.3 is 4.74 Å². The average Bonchev–Trinajstić information content (AvgIpc) is 2.49. The van der Waals surface area contributed by atoms with Crippen molar-refractivity contribution in [2.24, 2.45) is 0 Å². The number of rotatable bonds is 7. The van der Waals surface area contributed by atoms with E-state index in [0.717, 1.165) is 37.9 Å². The summed E-state index contributed by atoms with van der Waals surface area (Å²) in [6.07, 6.45) is 6.55. The zero-order valence-corrected chi connectivity index (χ0v) is 12.8. The highest BCUT2D eigenvalue weighted by molar-refractivity contribution is 7.92. The Balaban J connectivity index is 1.65. The molecule has 0 unspecified atom stereocenters. The van der Waals surface area contributed by atoms with Gasteiger partial charge >= 0.3 is 0 Å². The molecule has 3 nitrogen and oxygen atoms in total. The molecular formula is C16H24O3S. The Kier molecular flexibility index (Phi) is 5.89. The second-order valence-corrected chi connectivity index (χ2v) is 7.90. The highest BCUT2D eigenvalue weighted by Gasteiger charge is 2.26. The summed E-state index contributed by atoms with van der Waals surface area (Å²) < 4.78 is 29.9. The lowest BCUT2D eigenvalue weighted by molar-refractivity contribution is 0.309. The Morgan fingerprint density at radius 1 is 1.00 bits per heavy atom. The third kappa shape index (κ3) is 4.82. The quantitative estimate of drug-likeness (QED) is 0.722. The maximum Gasteiger partial charge on any atom is 0.153 e. The van der Waals surface area contributed by atoms with Crippen molar-refractivity contribution < 1.29 is 13.2 Å². The summed E-state index contributed by atoms with van der Waals surface area (Å²) in [5, 5.41) is -0.0775. The molecule has 0 amide bonds. The van der Waals surface area contributed by atoms with E-state index in [1.807, 2.05) is 30.3 Å². The van der Waals surface area contributed by atoms with E-state index < -0.39 is 9.84 Å². The topological polar surface area (TPSA) is 43.4 Å². The van der Waals surface area contributed by atoms with Crippen LogP contribution >= 0.6 is 0 Å². The number of hydrogen-bond acceptors (Lipinski definition) is 3. The molecular weight excluding hydrogens is 272 g/mol. The largest absolute Gasteiger partial charge is 0.494 e. The first-order valence-electron chi connectivity index (χ1n) is 7.58. The van der Waals surface area contributed by atoms with Crippen molar-refractivity contribution in [3.63, 3.8) is 0 Å². The van der Waals surface area contributed by atoms with E-state index in [1.165, 1.54) is 6.42 Å². The van der Waals surface area contributed by atoms with Crippen LogP contribution in [-0.2, 0) is 9.84 Å². The van der Waals surface area contributed by atoms with Gasteiger partial charge in [0.15, 0.2) is 9.84 Å². The first kappa shape index (κ1) is 15.4. The summed E-state index contributed by atoms with van der Waals surface area (Å²) in [4.78, 5) is 0. The highest BCUT2D eigenvalue weighted by Crippen LogP contribution is 2.24. The predicted molar refractivity (Wildman–Crippen MR) is 81.8 cm³/mol. The number of para-hydroxylation sites is 1. The van der Waals surface area contributed by atoms with E-state index in [-0.39, 0.29) is 5.25 Å². The molecule has 20 heavy (non-hydrogen) atoms. The Hall–Kier alpha value is -1.03. The van der Waals surface area contributed by atoms with Crippen LogP contribution in [-0.4, -0.2) is 26.0 Å². The normalized spacial score (nSPS) is 17.0. The predicted octanol–water partition coefficient (Wildman–Crippen LogP) is 3.59. The van der Waals surface area contributed by atoms with Crippen LogP contribution in [0.5, 0.6) is 5.75 Å². The fourth-order valence-electron chi connectivity index (χ4n) is 2.70. The van der Waals surface area contributed by atoms with Crippen molar-refractivity contribution in [3.05, 3.63) is 30.3 Å². The van der Waals surface area contributed by atoms with E-state index in [2.05, 4.69) is 0 Å². The fraction of sp³-hybridized carbons (Fsp3) is 0.625. The van der Waals surface area contributed by atoms with Crippen LogP contribution < -0.4 is 4.74 Å². The molecule has 1 aromatic rings. The van der Waals surface area contributed by atoms with Gasteiger partial charge in [-0.2, -0.15) is 0 Å². The molecule has 112 valence electrons. The summed E-state index contributed by atoms with van der Waals surface area (Å²) in [7, 11) is -2.88. The van der Waals surface area contributed by atoms with Gasteiger partial charge in [0.25, 0.3) is 0 Å². The zero-order chi connectivity index (χ0) is 14.3. The van der Waals surface area contributed by atoms with Gasteiger partial charge in [-0.3, -0.25) is 0 Å². The van der Waals surface area contributed by atoms with Gasteiger partial charge in [-0.05, 0) is 37.8 Å². The SMILES string of the molecule is O=S(=O)(CCCCOc1ccccc1)C1CCCCC1. The molecule has 0 N–H and O–H groups in total. The fourth-order valence-corrected chi connectivity index (χ4v) is 4.69. The molecule has 1 fully saturated rings. The minimum atomic E-state index is -2.88. The Bertz CT molecular complexity index is 476. The Morgan fingerprint density at radius 3 is 2.40 bits per heavy atom. The van der Waals surface area contributed by atoms with Crippen LogP contribution in [0.3, 0.4) is 0 Å². The van der Waals surface area contributed by atoms with Crippen LogP contribution in [0.2, 0.25) is 0 Å². The van der Waals surface area contributed by atoms with Crippen molar-refractivity contribution in [3.8, 4) is 5.75 Å². The van der Waals surface area contributed by atoms with Crippen LogP contribution in [0.4, 0.5) is 0 Å². The number of sulfone groups is 1. The lowest BCUT2D eigenvalue weighted by Gasteiger charge is -2.21. The summed E-state index contributed by atoms with van der Waals surface area (Å²) in [6, 6.07) is 9.65. The molecule has 1 aliphatic carbocycles. The van der Waals surface area contributed by atoms with Gasteiger partial charge in [0.2, 0.25) is 0 Å². The first-order chi connectivity index (χ1) is 9.68. The molecule has 1 aliphatic rings. The second kappa shape index (κ2) is 7.67. The average molecular weight is 296 g/mol. The van der Waals surface area contributed by atoms with Gasteiger partial charge in [-0.15, -0.1) is 0 Å². The standard InChI is InChI=1S/C16H24O3S/c17-20(18,16-11-5-2-6-12-16)14-8-7-13-19-15-9-3-1-4-10-15/h1,3-4,9-10,16H,2,5-8,11-14H2. The monoisotopic (exact) mass is 296 g/mol. The van der Waals surface area contributed by atoms with Crippen molar-refractivity contribution in [2.75, 3.05) is 12.4 Å². The molecule has 1 aromatic carbocycles. The summed E-state index contributed by atoms with van der Waals surface area (Å²) in [6.45, 7) is 0.588. The zero-order valence-electron chi connectivity index (χ0n) is 12.0. The number of ether oxygens (including phenoxy) is 1. The third-order valence-electron chi connectivity index (χ3n) is 3.90. The summed E-state index contributed by atoms with van der Waals surface area (Å²) in [5.41, 5.74) is 0. The Labute approximate surface area is 122 Å². The molecule has 0 aliphatic heterocycles. The van der Waals surface area contributed by atoms with Gasteiger partial charge in [-0.1, -0.05) is 37.5 Å². The van der Waals surface area contributed by atoms with Gasteiger partial charge in [0.05, 0.1) is 17.6 Å². The van der Waals surface area contributed by atoms with Crippen molar-refractivity contribution in [2.45, 2.75) is 50.2 Å². The molecule has 0 aromatic heterocycles. The smallest absolute Gasteiger partial charge is 0.153 e. The maximum absolute atomic E-state index is 12.2. The minimum absolute atomic E-state index is 0.0775. The number of unbranched alkanes of at least 4 members (excludes halogenated alkanes) is 1. The van der Waals surface area contributed by atoms with E-state index in [9.17, 15) is 8.42 Å². The molecule has 0 atom stereocenters. The van der Waals surface area contributed by atoms with Crippen LogP contribution in [0, 0.1) is 0 Å². The van der Waals surface area contributed by atoms with Gasteiger partial charge in [-0.25, -0.2) is 8.42 Å². The van der Waals surface area contributed by atoms with E-state index in [4.69, 9.17) is 4.74 Å². The van der Waals surface area contributed by atoms with E-state index >= 15 is 0 Å². The Morgan fingerprint density at radius 2 is 1.70 bits per heavy atom. The molecule has 0 heterocycles. The van der Waals surface area contributed by atoms with Crippen molar-refractivity contribution >= 4 is 9.84 Å². The van der Waals surface area contributed by atoms with Gasteiger partial charge in [0.1, 0.15) is 5.75 Å². The molecule has 0 saturated heterocycles. The van der Waals surface area contributed by atoms with Crippen molar-refractivity contribution in [1.82, 2.24) is 0 Å². The van der Waals surface area contributed by atoms with E-state index in [0.29, 0.717) is 18.8 Å². The lowest BCUT2D eigenvalue weighted by atomic mass is 10.0. The minimum Gasteiger partial charge on any atom is -0.494 e. The van der Waals surface area contributed by atoms with E-state index in [1.54, 1.807) is 0 Å². The third-order valence-corrected chi connectivity index (χ3v) is 6.24. The molecule has 0 spiro atoms. The lowest BCUT2D eigenvalue weighted by Crippen LogP contribution is -2.26. The second-order valence-electron chi connectivity index (χ2n) is 5.50. The van der Waals surface area contributed by atoms with Crippen molar-refractivity contribution in [1.29, 1.82) is 0 Å². The van der Waals surface area contributed by atoms with Gasteiger partial charge in [0, 0.05) is 0 Å². The first-order valence-corrected chi connectivity index (χ1v) is 9.29. The summed E-state index contributed by atoms with van der Waals surface area (Å²) >= 11 is 0. The van der Waals surface area contributed by atoms with Crippen LogP contribution in [0.15, 0.2) is 30.3 Å². The molecule has 2 rings (SSSR count). The maximum atomic E-state index is 12.2.